The van der Waals surface area contributed by atoms with Gasteiger partial charge in [0.05, 0.1) is 0 Å². The number of rotatable bonds is 5. The van der Waals surface area contributed by atoms with E-state index in [0.717, 1.165) is 18.1 Å². The number of aromatic nitrogens is 3. The molecule has 0 aliphatic rings. The fraction of sp³-hybridized carbons (Fsp3) is 0.667. The zero-order valence-corrected chi connectivity index (χ0v) is 8.10. The molecule has 6 nitrogen and oxygen atoms in total. The van der Waals surface area contributed by atoms with E-state index in [4.69, 9.17) is 0 Å². The Hall–Kier alpha value is -1.08. The van der Waals surface area contributed by atoms with E-state index in [2.05, 4.69) is 25.4 Å². The largest absolute Gasteiger partial charge is 0.316 e. The summed E-state index contributed by atoms with van der Waals surface area (Å²) in [7, 11) is 0. The molecular weight excluding hydrogens is 190 g/mol. The van der Waals surface area contributed by atoms with Crippen molar-refractivity contribution in [2.24, 2.45) is 0 Å². The first-order valence-corrected chi connectivity index (χ1v) is 4.76. The molecule has 1 rings (SSSR count). The van der Waals surface area contributed by atoms with Crippen LogP contribution in [0.5, 0.6) is 0 Å². The van der Waals surface area contributed by atoms with Crippen molar-refractivity contribution < 1.29 is 4.79 Å². The average Bonchev–Trinajstić information content (AvgIpc) is 2.57. The van der Waals surface area contributed by atoms with Gasteiger partial charge in [0.15, 0.2) is 0 Å². The second kappa shape index (κ2) is 5.55. The van der Waals surface area contributed by atoms with Crippen molar-refractivity contribution in [2.45, 2.75) is 13.3 Å². The lowest BCUT2D eigenvalue weighted by atomic mass is 10.4. The molecule has 1 heterocycles. The summed E-state index contributed by atoms with van der Waals surface area (Å²) in [5, 5.41) is 13.0. The van der Waals surface area contributed by atoms with Crippen molar-refractivity contribution in [3.63, 3.8) is 0 Å². The van der Waals surface area contributed by atoms with Gasteiger partial charge in [0.2, 0.25) is 11.0 Å². The smallest absolute Gasteiger partial charge is 0.231 e. The summed E-state index contributed by atoms with van der Waals surface area (Å²) >= 11 is 1.07. The maximum atomic E-state index is 11.1. The summed E-state index contributed by atoms with van der Waals surface area (Å²) in [6, 6.07) is 0. The number of nitrogens with one attached hydrogen (secondary N) is 2. The van der Waals surface area contributed by atoms with Gasteiger partial charge in [0.1, 0.15) is 0 Å². The Morgan fingerprint density at radius 2 is 2.46 bits per heavy atom. The Balaban J connectivity index is 2.18. The molecule has 0 aliphatic heterocycles. The summed E-state index contributed by atoms with van der Waals surface area (Å²) in [5.74, 6) is -0.0699. The van der Waals surface area contributed by atoms with Crippen LogP contribution in [0.3, 0.4) is 0 Å². The highest BCUT2D eigenvalue weighted by Crippen LogP contribution is 2.04. The van der Waals surface area contributed by atoms with Gasteiger partial charge in [0.25, 0.3) is 0 Å². The van der Waals surface area contributed by atoms with E-state index in [0.29, 0.717) is 18.1 Å². The Kier molecular flexibility index (Phi) is 4.27. The first-order chi connectivity index (χ1) is 6.33. The molecule has 0 radical (unpaired) electrons. The van der Waals surface area contributed by atoms with Crippen LogP contribution in [0.2, 0.25) is 0 Å². The Labute approximate surface area is 79.9 Å². The van der Waals surface area contributed by atoms with Gasteiger partial charge in [-0.3, -0.25) is 10.1 Å². The number of amides is 1. The Morgan fingerprint density at radius 3 is 3.08 bits per heavy atom. The van der Waals surface area contributed by atoms with Gasteiger partial charge in [-0.15, -0.1) is 0 Å². The molecule has 1 aromatic rings. The van der Waals surface area contributed by atoms with Gasteiger partial charge in [-0.25, -0.2) is 0 Å². The van der Waals surface area contributed by atoms with Crippen LogP contribution in [0.25, 0.3) is 0 Å². The van der Waals surface area contributed by atoms with E-state index in [-0.39, 0.29) is 5.91 Å². The third kappa shape index (κ3) is 3.90. The van der Waals surface area contributed by atoms with E-state index in [1.807, 2.05) is 6.92 Å². The first kappa shape index (κ1) is 10.0. The highest BCUT2D eigenvalue weighted by atomic mass is 32.1. The highest BCUT2D eigenvalue weighted by molar-refractivity contribution is 7.09. The topological polar surface area (TPSA) is 79.8 Å². The zero-order valence-electron chi connectivity index (χ0n) is 7.28. The standard InChI is InChI=1S/C6H11N5OS/c1-2-7-4-3-5(12)8-6-9-10-11-13-6/h7H,2-4H2,1H3,(H,8,9,11,12). The number of carbonyl (C=O) groups excluding carboxylic acids is 1. The molecule has 0 bridgehead atoms. The van der Waals surface area contributed by atoms with Crippen molar-refractivity contribution in [1.29, 1.82) is 0 Å². The van der Waals surface area contributed by atoms with E-state index >= 15 is 0 Å². The van der Waals surface area contributed by atoms with E-state index in [1.165, 1.54) is 0 Å². The molecule has 0 aliphatic carbocycles. The maximum absolute atomic E-state index is 11.1. The van der Waals surface area contributed by atoms with Crippen molar-refractivity contribution in [3.8, 4) is 0 Å². The number of hydrogen-bond donors (Lipinski definition) is 2. The fourth-order valence-corrected chi connectivity index (χ4v) is 1.13. The lowest BCUT2D eigenvalue weighted by molar-refractivity contribution is -0.116. The molecule has 0 atom stereocenters. The normalized spacial score (nSPS) is 9.92. The summed E-state index contributed by atoms with van der Waals surface area (Å²) in [4.78, 5) is 11.1. The predicted octanol–water partition coefficient (Wildman–Crippen LogP) is -0.129. The SMILES string of the molecule is CCNCCC(=O)Nc1nnns1. The molecule has 1 amide bonds. The molecule has 2 N–H and O–H groups in total. The third-order valence-corrected chi connectivity index (χ3v) is 1.84. The van der Waals surface area contributed by atoms with Gasteiger partial charge in [-0.1, -0.05) is 16.5 Å². The Morgan fingerprint density at radius 1 is 1.62 bits per heavy atom. The minimum absolute atomic E-state index is 0.0699. The van der Waals surface area contributed by atoms with Crippen molar-refractivity contribution >= 4 is 22.6 Å². The summed E-state index contributed by atoms with van der Waals surface area (Å²) in [5.41, 5.74) is 0. The molecule has 13 heavy (non-hydrogen) atoms. The van der Waals surface area contributed by atoms with Gasteiger partial charge in [-0.05, 0) is 11.8 Å². The lowest BCUT2D eigenvalue weighted by Crippen LogP contribution is -2.21. The van der Waals surface area contributed by atoms with Crippen LogP contribution in [0.1, 0.15) is 13.3 Å². The molecule has 0 unspecified atom stereocenters. The molecule has 7 heteroatoms. The number of anilines is 1. The van der Waals surface area contributed by atoms with Crippen LogP contribution >= 0.6 is 11.5 Å². The summed E-state index contributed by atoms with van der Waals surface area (Å²) in [6.07, 6.45) is 0.438. The quantitative estimate of drug-likeness (QED) is 0.649. The molecule has 0 saturated heterocycles. The maximum Gasteiger partial charge on any atom is 0.231 e. The molecular formula is C6H11N5OS. The van der Waals surface area contributed by atoms with Crippen molar-refractivity contribution in [1.82, 2.24) is 20.1 Å². The van der Waals surface area contributed by atoms with Crippen molar-refractivity contribution in [3.05, 3.63) is 0 Å². The van der Waals surface area contributed by atoms with Crippen molar-refractivity contribution in [2.75, 3.05) is 18.4 Å². The monoisotopic (exact) mass is 201 g/mol. The van der Waals surface area contributed by atoms with E-state index in [9.17, 15) is 4.79 Å². The molecule has 0 spiro atoms. The minimum atomic E-state index is -0.0699. The zero-order chi connectivity index (χ0) is 9.52. The van der Waals surface area contributed by atoms with Gasteiger partial charge < -0.3 is 5.32 Å². The van der Waals surface area contributed by atoms with Gasteiger partial charge >= 0.3 is 0 Å². The highest BCUT2D eigenvalue weighted by Gasteiger charge is 2.03. The lowest BCUT2D eigenvalue weighted by Gasteiger charge is -2.00. The van der Waals surface area contributed by atoms with E-state index in [1.54, 1.807) is 0 Å². The predicted molar refractivity (Wildman–Crippen MR) is 49.5 cm³/mol. The van der Waals surface area contributed by atoms with Crippen LogP contribution in [0.15, 0.2) is 0 Å². The molecule has 0 saturated carbocycles. The first-order valence-electron chi connectivity index (χ1n) is 3.98. The molecule has 0 fully saturated rings. The van der Waals surface area contributed by atoms with Crippen LogP contribution in [-0.4, -0.2) is 33.8 Å². The number of nitrogens with zero attached hydrogens (tertiary/aromatic N) is 3. The average molecular weight is 201 g/mol. The second-order valence-corrected chi connectivity index (χ2v) is 3.05. The van der Waals surface area contributed by atoms with Crippen LogP contribution in [0, 0.1) is 0 Å². The minimum Gasteiger partial charge on any atom is -0.316 e. The van der Waals surface area contributed by atoms with Crippen LogP contribution in [0.4, 0.5) is 5.13 Å². The van der Waals surface area contributed by atoms with Crippen LogP contribution < -0.4 is 10.6 Å². The second-order valence-electron chi connectivity index (χ2n) is 2.32. The Bertz CT molecular complexity index is 250. The summed E-state index contributed by atoms with van der Waals surface area (Å²) in [6.45, 7) is 3.54. The van der Waals surface area contributed by atoms with Gasteiger partial charge in [-0.2, -0.15) is 0 Å². The van der Waals surface area contributed by atoms with Crippen LogP contribution in [-0.2, 0) is 4.79 Å². The number of carbonyl (C=O) groups is 1. The molecule has 1 aromatic heterocycles. The summed E-state index contributed by atoms with van der Waals surface area (Å²) < 4.78 is 3.52. The third-order valence-electron chi connectivity index (χ3n) is 1.32. The number of hydrogen-bond acceptors (Lipinski definition) is 6. The molecule has 72 valence electrons. The van der Waals surface area contributed by atoms with Gasteiger partial charge in [0, 0.05) is 24.5 Å². The van der Waals surface area contributed by atoms with E-state index < -0.39 is 0 Å². The molecule has 0 aromatic carbocycles. The fourth-order valence-electron chi connectivity index (χ4n) is 0.742.